The summed E-state index contributed by atoms with van der Waals surface area (Å²) in [7, 11) is 0. The van der Waals surface area contributed by atoms with Gasteiger partial charge >= 0.3 is 6.09 Å². The Morgan fingerprint density at radius 3 is 2.55 bits per heavy atom. The number of rotatable bonds is 6. The molecule has 3 heterocycles. The molecule has 12 heteroatoms. The Morgan fingerprint density at radius 1 is 1.21 bits per heavy atom. The third-order valence-corrected chi connectivity index (χ3v) is 7.43. The minimum absolute atomic E-state index is 0. The number of carbonyl (C=O) groups is 1. The van der Waals surface area contributed by atoms with Gasteiger partial charge in [0.2, 0.25) is 0 Å². The van der Waals surface area contributed by atoms with E-state index in [1.165, 1.54) is 0 Å². The van der Waals surface area contributed by atoms with Gasteiger partial charge in [-0.3, -0.25) is 4.90 Å². The number of aromatic amines is 1. The number of benzene rings is 1. The largest absolute Gasteiger partial charge is 0.450 e. The second-order valence-electron chi connectivity index (χ2n) is 7.92. The number of thioether (sulfide) groups is 1. The number of aromatic nitrogens is 2. The van der Waals surface area contributed by atoms with Crippen LogP contribution in [0.5, 0.6) is 0 Å². The van der Waals surface area contributed by atoms with Crippen LogP contribution >= 0.6 is 48.2 Å². The normalized spacial score (nSPS) is 17.5. The predicted molar refractivity (Wildman–Crippen MR) is 139 cm³/mol. The Kier molecular flexibility index (Phi) is 11.2. The number of nitrogens with zero attached hydrogens (tertiary/aromatic N) is 4. The van der Waals surface area contributed by atoms with Crippen LogP contribution in [0, 0.1) is 0 Å². The van der Waals surface area contributed by atoms with Gasteiger partial charge in [0.1, 0.15) is 0 Å². The number of carbonyl (C=O) groups excluding carboxylic acids is 1. The van der Waals surface area contributed by atoms with E-state index in [0.29, 0.717) is 16.9 Å². The quantitative estimate of drug-likeness (QED) is 0.575. The third-order valence-electron chi connectivity index (χ3n) is 5.90. The van der Waals surface area contributed by atoms with Crippen LogP contribution < -0.4 is 4.90 Å². The zero-order valence-corrected chi connectivity index (χ0v) is 21.9. The molecular weight excluding hydrogens is 509 g/mol. The maximum atomic E-state index is 11.9. The maximum Gasteiger partial charge on any atom is 0.409 e. The Hall–Kier alpha value is -1.10. The van der Waals surface area contributed by atoms with Gasteiger partial charge in [0, 0.05) is 51.1 Å². The molecule has 1 aromatic heterocycles. The number of nitrogens with one attached hydrogen (secondary N) is 1. The van der Waals surface area contributed by atoms with E-state index in [2.05, 4.69) is 20.9 Å². The molecule has 1 amide bonds. The highest BCUT2D eigenvalue weighted by molar-refractivity contribution is 7.99. The first-order chi connectivity index (χ1) is 15.1. The van der Waals surface area contributed by atoms with Crippen molar-refractivity contribution in [3.63, 3.8) is 0 Å². The van der Waals surface area contributed by atoms with Gasteiger partial charge in [-0.2, -0.15) is 0 Å². The van der Waals surface area contributed by atoms with Crippen LogP contribution in [0.3, 0.4) is 0 Å². The second kappa shape index (κ2) is 13.1. The van der Waals surface area contributed by atoms with Crippen molar-refractivity contribution < 1.29 is 14.6 Å². The van der Waals surface area contributed by atoms with Crippen molar-refractivity contribution in [3.8, 4) is 0 Å². The topological polar surface area (TPSA) is 84.9 Å². The molecule has 2 aromatic rings. The summed E-state index contributed by atoms with van der Waals surface area (Å²) in [5, 5.41) is 11.2. The number of piperidine rings is 1. The molecule has 0 atom stereocenters. The number of aliphatic hydroxyl groups is 1. The van der Waals surface area contributed by atoms with E-state index in [0.717, 1.165) is 80.5 Å². The molecule has 4 rings (SSSR count). The van der Waals surface area contributed by atoms with Crippen molar-refractivity contribution in [1.82, 2.24) is 19.8 Å². The number of β-amino-alcohol motifs (C(OH)–C–C–N with tert-alkyl or cyclic N) is 1. The minimum Gasteiger partial charge on any atom is -0.450 e. The van der Waals surface area contributed by atoms with E-state index in [-0.39, 0.29) is 37.5 Å². The molecule has 2 fully saturated rings. The van der Waals surface area contributed by atoms with Crippen LogP contribution in [0.25, 0.3) is 11.0 Å². The molecule has 0 bridgehead atoms. The SMILES string of the molecule is CCOC(=O)N1CCC(Sc2nc3cc(Cl)c(N4CCN(CCO)CC4)cc3[nH]2)CC1.Cl.Cl. The van der Waals surface area contributed by atoms with Gasteiger partial charge in [-0.1, -0.05) is 23.4 Å². The van der Waals surface area contributed by atoms with E-state index < -0.39 is 0 Å². The van der Waals surface area contributed by atoms with Crippen molar-refractivity contribution in [2.24, 2.45) is 0 Å². The molecule has 186 valence electrons. The van der Waals surface area contributed by atoms with Crippen LogP contribution in [0.15, 0.2) is 17.3 Å². The summed E-state index contributed by atoms with van der Waals surface area (Å²) in [6.45, 7) is 8.22. The predicted octanol–water partition coefficient (Wildman–Crippen LogP) is 3.89. The molecular formula is C21H32Cl3N5O3S. The van der Waals surface area contributed by atoms with Crippen LogP contribution in [0.1, 0.15) is 19.8 Å². The van der Waals surface area contributed by atoms with Gasteiger partial charge in [0.05, 0.1) is 35.0 Å². The Bertz CT molecular complexity index is 903. The fourth-order valence-electron chi connectivity index (χ4n) is 4.18. The number of amides is 1. The summed E-state index contributed by atoms with van der Waals surface area (Å²) in [6.07, 6.45) is 1.63. The molecule has 33 heavy (non-hydrogen) atoms. The van der Waals surface area contributed by atoms with Gasteiger partial charge in [-0.05, 0) is 31.9 Å². The van der Waals surface area contributed by atoms with E-state index >= 15 is 0 Å². The highest BCUT2D eigenvalue weighted by Crippen LogP contribution is 2.34. The average Bonchev–Trinajstić information content (AvgIpc) is 3.15. The lowest BCUT2D eigenvalue weighted by Gasteiger charge is -2.36. The third kappa shape index (κ3) is 6.96. The zero-order chi connectivity index (χ0) is 21.8. The number of ether oxygens (including phenoxy) is 1. The van der Waals surface area contributed by atoms with E-state index in [1.54, 1.807) is 16.7 Å². The summed E-state index contributed by atoms with van der Waals surface area (Å²) in [5.74, 6) is 0. The number of fused-ring (bicyclic) bond motifs is 1. The summed E-state index contributed by atoms with van der Waals surface area (Å²) in [6, 6.07) is 4.04. The first-order valence-corrected chi connectivity index (χ1v) is 12.2. The molecule has 2 aliphatic rings. The Morgan fingerprint density at radius 2 is 1.91 bits per heavy atom. The maximum absolute atomic E-state index is 11.9. The molecule has 0 saturated carbocycles. The summed E-state index contributed by atoms with van der Waals surface area (Å²) >= 11 is 8.34. The standard InChI is InChI=1S/C21H30ClN5O3S.2ClH/c1-2-30-21(29)27-5-3-15(4-6-27)31-20-23-17-13-16(22)19(14-18(17)24-20)26-9-7-25(8-10-26)11-12-28;;/h13-15,28H,2-12H2,1H3,(H,23,24);2*1H. The van der Waals surface area contributed by atoms with Crippen molar-refractivity contribution >= 4 is 71.0 Å². The number of halogens is 3. The van der Waals surface area contributed by atoms with Crippen LogP contribution in [0.4, 0.5) is 10.5 Å². The monoisotopic (exact) mass is 539 g/mol. The molecule has 0 aliphatic carbocycles. The minimum atomic E-state index is -0.214. The van der Waals surface area contributed by atoms with E-state index in [4.69, 9.17) is 26.4 Å². The van der Waals surface area contributed by atoms with Crippen molar-refractivity contribution in [1.29, 1.82) is 0 Å². The molecule has 8 nitrogen and oxygen atoms in total. The second-order valence-corrected chi connectivity index (χ2v) is 9.61. The summed E-state index contributed by atoms with van der Waals surface area (Å²) < 4.78 is 5.10. The van der Waals surface area contributed by atoms with Crippen LogP contribution in [-0.2, 0) is 4.74 Å². The summed E-state index contributed by atoms with van der Waals surface area (Å²) in [4.78, 5) is 26.4. The average molecular weight is 541 g/mol. The van der Waals surface area contributed by atoms with Gasteiger partial charge in [0.15, 0.2) is 5.16 Å². The molecule has 2 N–H and O–H groups in total. The number of piperazine rings is 1. The molecule has 1 aromatic carbocycles. The fourth-order valence-corrected chi connectivity index (χ4v) is 5.54. The van der Waals surface area contributed by atoms with Gasteiger partial charge in [0.25, 0.3) is 0 Å². The number of hydrogen-bond acceptors (Lipinski definition) is 7. The molecule has 0 unspecified atom stereocenters. The number of anilines is 1. The first kappa shape index (κ1) is 28.1. The van der Waals surface area contributed by atoms with Gasteiger partial charge in [-0.15, -0.1) is 24.8 Å². The zero-order valence-electron chi connectivity index (χ0n) is 18.7. The summed E-state index contributed by atoms with van der Waals surface area (Å²) in [5.41, 5.74) is 2.89. The van der Waals surface area contributed by atoms with Gasteiger partial charge < -0.3 is 24.6 Å². The molecule has 2 saturated heterocycles. The van der Waals surface area contributed by atoms with E-state index in [1.807, 2.05) is 13.0 Å². The van der Waals surface area contributed by atoms with Crippen LogP contribution in [-0.4, -0.2) is 95.2 Å². The number of likely N-dealkylation sites (tertiary alicyclic amines) is 1. The number of hydrogen-bond donors (Lipinski definition) is 2. The van der Waals surface area contributed by atoms with Gasteiger partial charge in [-0.25, -0.2) is 9.78 Å². The Balaban J connectivity index is 0.00000193. The lowest BCUT2D eigenvalue weighted by Crippen LogP contribution is -2.47. The van der Waals surface area contributed by atoms with Crippen molar-refractivity contribution in [2.75, 3.05) is 63.9 Å². The number of H-pyrrole nitrogens is 1. The van der Waals surface area contributed by atoms with Crippen molar-refractivity contribution in [3.05, 3.63) is 17.2 Å². The highest BCUT2D eigenvalue weighted by Gasteiger charge is 2.25. The molecule has 0 radical (unpaired) electrons. The van der Waals surface area contributed by atoms with Crippen molar-refractivity contribution in [2.45, 2.75) is 30.2 Å². The molecule has 2 aliphatic heterocycles. The highest BCUT2D eigenvalue weighted by atomic mass is 35.5. The van der Waals surface area contributed by atoms with Crippen LogP contribution in [0.2, 0.25) is 5.02 Å². The molecule has 0 spiro atoms. The lowest BCUT2D eigenvalue weighted by atomic mass is 10.1. The smallest absolute Gasteiger partial charge is 0.409 e. The Labute approximate surface area is 216 Å². The number of aliphatic hydroxyl groups excluding tert-OH is 1. The fraction of sp³-hybridized carbons (Fsp3) is 0.619. The number of imidazole rings is 1. The van der Waals surface area contributed by atoms with E-state index in [9.17, 15) is 4.79 Å². The first-order valence-electron chi connectivity index (χ1n) is 10.9. The lowest BCUT2D eigenvalue weighted by molar-refractivity contribution is 0.100.